The number of methoxy groups -OCH3 is 2. The summed E-state index contributed by atoms with van der Waals surface area (Å²) in [5.41, 5.74) is 2.66. The van der Waals surface area contributed by atoms with Crippen molar-refractivity contribution in [3.05, 3.63) is 69.2 Å². The maximum atomic E-state index is 13.3. The van der Waals surface area contributed by atoms with Crippen molar-refractivity contribution in [1.82, 2.24) is 20.3 Å². The van der Waals surface area contributed by atoms with E-state index in [9.17, 15) is 9.90 Å². The van der Waals surface area contributed by atoms with Gasteiger partial charge in [0.1, 0.15) is 27.8 Å². The highest BCUT2D eigenvalue weighted by molar-refractivity contribution is 7.14. The number of aromatic hydroxyl groups is 1. The number of hydrogen-bond donors (Lipinski definition) is 2. The third-order valence-electron chi connectivity index (χ3n) is 6.18. The summed E-state index contributed by atoms with van der Waals surface area (Å²) in [6.07, 6.45) is 2.70. The maximum absolute atomic E-state index is 13.3. The number of rotatable bonds is 9. The predicted octanol–water partition coefficient (Wildman–Crippen LogP) is 5.36. The number of hydrogen-bond acceptors (Lipinski definition) is 9. The van der Waals surface area contributed by atoms with Crippen LogP contribution < -0.4 is 15.0 Å². The van der Waals surface area contributed by atoms with Crippen molar-refractivity contribution in [1.29, 1.82) is 0 Å². The Labute approximate surface area is 216 Å². The Bertz CT molecular complexity index is 1600. The number of nitrogens with one attached hydrogen (secondary N) is 1. The largest absolute Gasteiger partial charge is 0.506 e. The first kappa shape index (κ1) is 24.5. The third kappa shape index (κ3) is 4.55. The van der Waals surface area contributed by atoms with Gasteiger partial charge in [0.05, 0.1) is 31.0 Å². The average Bonchev–Trinajstić information content (AvgIpc) is 3.54. The second-order valence-corrected chi connectivity index (χ2v) is 9.54. The molecule has 0 unspecified atom stereocenters. The molecule has 5 aromatic rings. The minimum absolute atomic E-state index is 0.0527. The highest BCUT2D eigenvalue weighted by atomic mass is 32.1. The van der Waals surface area contributed by atoms with Gasteiger partial charge in [0.15, 0.2) is 10.6 Å². The van der Waals surface area contributed by atoms with Crippen molar-refractivity contribution < 1.29 is 19.1 Å². The number of benzene rings is 2. The van der Waals surface area contributed by atoms with Crippen molar-refractivity contribution in [2.45, 2.75) is 32.6 Å². The monoisotopic (exact) mass is 518 g/mol. The van der Waals surface area contributed by atoms with Gasteiger partial charge in [-0.1, -0.05) is 48.0 Å². The summed E-state index contributed by atoms with van der Waals surface area (Å²) in [6, 6.07) is 13.0. The molecule has 37 heavy (non-hydrogen) atoms. The quantitative estimate of drug-likeness (QED) is 0.267. The minimum Gasteiger partial charge on any atom is -0.506 e. The molecule has 0 amide bonds. The van der Waals surface area contributed by atoms with E-state index >= 15 is 0 Å². The van der Waals surface area contributed by atoms with Crippen LogP contribution in [0.5, 0.6) is 17.2 Å². The van der Waals surface area contributed by atoms with Crippen LogP contribution in [0.2, 0.25) is 0 Å². The standard InChI is InChI=1S/C27H26N4O5S/c1-4-5-10-16-22(23-19(34-2)12-8-13-20(23)35-3)25(32)24(26(33)28-16)27-30-29-21(37-27)14-17-15-9-6-7-11-18(15)36-31-17/h6-9,11-13H,4-5,10,14H2,1-3H3,(H2,28,32,33). The van der Waals surface area contributed by atoms with E-state index in [4.69, 9.17) is 14.0 Å². The van der Waals surface area contributed by atoms with Crippen LogP contribution in [-0.4, -0.2) is 39.7 Å². The number of aryl methyl sites for hydroxylation is 1. The normalized spacial score (nSPS) is 11.2. The molecule has 0 aliphatic rings. The van der Waals surface area contributed by atoms with E-state index in [1.807, 2.05) is 24.3 Å². The van der Waals surface area contributed by atoms with Crippen LogP contribution in [-0.2, 0) is 12.8 Å². The predicted molar refractivity (Wildman–Crippen MR) is 142 cm³/mol. The fourth-order valence-corrected chi connectivity index (χ4v) is 5.27. The molecule has 190 valence electrons. The molecule has 0 spiro atoms. The number of aromatic nitrogens is 4. The molecule has 0 aliphatic carbocycles. The Morgan fingerprint density at radius 2 is 1.76 bits per heavy atom. The molecule has 2 N–H and O–H groups in total. The van der Waals surface area contributed by atoms with Gasteiger partial charge >= 0.3 is 0 Å². The van der Waals surface area contributed by atoms with Gasteiger partial charge in [0.25, 0.3) is 5.56 Å². The Hall–Kier alpha value is -4.18. The number of para-hydroxylation sites is 1. The van der Waals surface area contributed by atoms with E-state index < -0.39 is 5.56 Å². The number of H-pyrrole nitrogens is 1. The van der Waals surface area contributed by atoms with Crippen molar-refractivity contribution >= 4 is 22.3 Å². The lowest BCUT2D eigenvalue weighted by Crippen LogP contribution is -2.14. The number of fused-ring (bicyclic) bond motifs is 1. The molecule has 0 radical (unpaired) electrons. The van der Waals surface area contributed by atoms with E-state index in [-0.39, 0.29) is 11.3 Å². The number of pyridine rings is 1. The number of ether oxygens (including phenoxy) is 2. The molecule has 0 saturated heterocycles. The summed E-state index contributed by atoms with van der Waals surface area (Å²) >= 11 is 1.22. The van der Waals surface area contributed by atoms with Crippen LogP contribution in [0.3, 0.4) is 0 Å². The number of unbranched alkanes of at least 4 members (excludes halogenated alkanes) is 1. The topological polar surface area (TPSA) is 123 Å². The number of aromatic amines is 1. The van der Waals surface area contributed by atoms with Gasteiger partial charge in [-0.15, -0.1) is 10.2 Å². The SMILES string of the molecule is CCCCc1[nH]c(=O)c(-c2nnc(Cc3noc4ccccc34)s2)c(O)c1-c1c(OC)cccc1OC. The average molecular weight is 519 g/mol. The maximum Gasteiger partial charge on any atom is 0.262 e. The molecule has 2 aromatic carbocycles. The first-order valence-corrected chi connectivity index (χ1v) is 12.7. The molecule has 0 fully saturated rings. The highest BCUT2D eigenvalue weighted by Gasteiger charge is 2.26. The first-order valence-electron chi connectivity index (χ1n) is 11.9. The Morgan fingerprint density at radius 1 is 1.00 bits per heavy atom. The Kier molecular flexibility index (Phi) is 6.91. The molecule has 3 heterocycles. The van der Waals surface area contributed by atoms with Crippen LogP contribution >= 0.6 is 11.3 Å². The Balaban J connectivity index is 1.63. The summed E-state index contributed by atoms with van der Waals surface area (Å²) in [4.78, 5) is 16.2. The van der Waals surface area contributed by atoms with E-state index in [0.717, 1.165) is 23.9 Å². The summed E-state index contributed by atoms with van der Waals surface area (Å²) in [5, 5.41) is 26.1. The highest BCUT2D eigenvalue weighted by Crippen LogP contribution is 2.46. The molecular weight excluding hydrogens is 492 g/mol. The summed E-state index contributed by atoms with van der Waals surface area (Å²) in [5.74, 6) is 0.842. The van der Waals surface area contributed by atoms with Crippen molar-refractivity contribution in [2.75, 3.05) is 14.2 Å². The van der Waals surface area contributed by atoms with Crippen LogP contribution in [0.4, 0.5) is 0 Å². The summed E-state index contributed by atoms with van der Waals surface area (Å²) < 4.78 is 16.6. The van der Waals surface area contributed by atoms with Gasteiger partial charge in [0, 0.05) is 17.5 Å². The van der Waals surface area contributed by atoms with Gasteiger partial charge in [-0.3, -0.25) is 4.79 Å². The zero-order valence-corrected chi connectivity index (χ0v) is 21.5. The van der Waals surface area contributed by atoms with Crippen LogP contribution in [0.15, 0.2) is 51.8 Å². The lowest BCUT2D eigenvalue weighted by atomic mass is 9.96. The Morgan fingerprint density at radius 3 is 2.49 bits per heavy atom. The second kappa shape index (κ2) is 10.4. The smallest absolute Gasteiger partial charge is 0.262 e. The zero-order chi connectivity index (χ0) is 25.9. The number of nitrogens with zero attached hydrogens (tertiary/aromatic N) is 3. The lowest BCUT2D eigenvalue weighted by molar-refractivity contribution is 0.396. The minimum atomic E-state index is -0.434. The first-order chi connectivity index (χ1) is 18.0. The van der Waals surface area contributed by atoms with Gasteiger partial charge in [-0.25, -0.2) is 0 Å². The fraction of sp³-hybridized carbons (Fsp3) is 0.259. The van der Waals surface area contributed by atoms with Crippen LogP contribution in [0.25, 0.3) is 32.7 Å². The van der Waals surface area contributed by atoms with Gasteiger partial charge in [-0.05, 0) is 37.1 Å². The molecule has 9 nitrogen and oxygen atoms in total. The second-order valence-electron chi connectivity index (χ2n) is 8.48. The molecule has 0 bridgehead atoms. The van der Waals surface area contributed by atoms with Gasteiger partial charge in [-0.2, -0.15) is 0 Å². The zero-order valence-electron chi connectivity index (χ0n) is 20.7. The van der Waals surface area contributed by atoms with E-state index in [0.29, 0.717) is 56.8 Å². The van der Waals surface area contributed by atoms with Crippen LogP contribution in [0, 0.1) is 0 Å². The lowest BCUT2D eigenvalue weighted by Gasteiger charge is -2.18. The summed E-state index contributed by atoms with van der Waals surface area (Å²) in [6.45, 7) is 2.07. The van der Waals surface area contributed by atoms with Gasteiger partial charge < -0.3 is 24.1 Å². The van der Waals surface area contributed by atoms with E-state index in [1.54, 1.807) is 32.4 Å². The van der Waals surface area contributed by atoms with Crippen molar-refractivity contribution in [3.8, 4) is 38.9 Å². The molecule has 0 aliphatic heterocycles. The molecule has 0 atom stereocenters. The molecule has 5 rings (SSSR count). The van der Waals surface area contributed by atoms with E-state index in [2.05, 4.69) is 27.3 Å². The summed E-state index contributed by atoms with van der Waals surface area (Å²) in [7, 11) is 3.11. The molecule has 0 saturated carbocycles. The van der Waals surface area contributed by atoms with E-state index in [1.165, 1.54) is 11.3 Å². The van der Waals surface area contributed by atoms with Crippen molar-refractivity contribution in [2.24, 2.45) is 0 Å². The van der Waals surface area contributed by atoms with Crippen LogP contribution in [0.1, 0.15) is 36.2 Å². The van der Waals surface area contributed by atoms with Gasteiger partial charge in [0.2, 0.25) is 0 Å². The van der Waals surface area contributed by atoms with Crippen molar-refractivity contribution in [3.63, 3.8) is 0 Å². The molecule has 3 aromatic heterocycles. The molecular formula is C27H26N4O5S. The molecule has 10 heteroatoms. The fourth-order valence-electron chi connectivity index (χ4n) is 4.38. The third-order valence-corrected chi connectivity index (χ3v) is 7.12.